The molecular weight excluding hydrogens is 357 g/mol. The fourth-order valence-corrected chi connectivity index (χ4v) is 3.16. The highest BCUT2D eigenvalue weighted by Gasteiger charge is 2.21. The maximum absolute atomic E-state index is 13.3. The summed E-state index contributed by atoms with van der Waals surface area (Å²) in [6.45, 7) is -0.232. The van der Waals surface area contributed by atoms with Gasteiger partial charge in [0.1, 0.15) is 5.82 Å². The average Bonchev–Trinajstić information content (AvgIpc) is 3.13. The summed E-state index contributed by atoms with van der Waals surface area (Å²) in [5.74, 6) is -0.541. The Kier molecular flexibility index (Phi) is 4.87. The van der Waals surface area contributed by atoms with E-state index in [1.165, 1.54) is 12.1 Å². The molecule has 4 rings (SSSR count). The Morgan fingerprint density at radius 1 is 1.04 bits per heavy atom. The van der Waals surface area contributed by atoms with Gasteiger partial charge in [-0.05, 0) is 42.0 Å². The smallest absolute Gasteiger partial charge is 0.288 e. The van der Waals surface area contributed by atoms with Gasteiger partial charge in [-0.3, -0.25) is 9.20 Å². The number of carbonyl (C=O) groups excluding carboxylic acids is 1. The normalized spacial score (nSPS) is 12.1. The van der Waals surface area contributed by atoms with Crippen LogP contribution in [-0.4, -0.2) is 27.0 Å². The van der Waals surface area contributed by atoms with Crippen LogP contribution in [-0.2, 0) is 0 Å². The second-order valence-electron chi connectivity index (χ2n) is 6.37. The van der Waals surface area contributed by atoms with Crippen LogP contribution in [0.2, 0.25) is 0 Å². The average molecular weight is 375 g/mol. The van der Waals surface area contributed by atoms with E-state index in [4.69, 9.17) is 0 Å². The van der Waals surface area contributed by atoms with Crippen LogP contribution in [0.15, 0.2) is 79.0 Å². The molecule has 2 heterocycles. The van der Waals surface area contributed by atoms with E-state index in [1.807, 2.05) is 42.5 Å². The van der Waals surface area contributed by atoms with Gasteiger partial charge in [0.25, 0.3) is 5.91 Å². The maximum Gasteiger partial charge on any atom is 0.288 e. The molecule has 4 aromatic rings. The molecule has 0 spiro atoms. The second kappa shape index (κ2) is 7.62. The molecule has 0 aliphatic carbocycles. The summed E-state index contributed by atoms with van der Waals surface area (Å²) < 4.78 is 15.0. The maximum atomic E-state index is 13.3. The van der Waals surface area contributed by atoms with E-state index in [0.717, 1.165) is 11.1 Å². The van der Waals surface area contributed by atoms with Crippen molar-refractivity contribution in [3.63, 3.8) is 0 Å². The third kappa shape index (κ3) is 3.37. The molecule has 5 nitrogen and oxygen atoms in total. The number of pyridine rings is 1. The van der Waals surface area contributed by atoms with E-state index in [-0.39, 0.29) is 18.2 Å². The number of fused-ring (bicyclic) bond motifs is 1. The minimum atomic E-state index is -0.543. The molecule has 1 amide bonds. The van der Waals surface area contributed by atoms with E-state index >= 15 is 0 Å². The summed E-state index contributed by atoms with van der Waals surface area (Å²) in [6.07, 6.45) is 1.75. The molecule has 0 aliphatic rings. The van der Waals surface area contributed by atoms with Crippen LogP contribution in [0.1, 0.15) is 22.2 Å². The predicted octanol–water partition coefficient (Wildman–Crippen LogP) is 3.60. The number of aliphatic hydroxyl groups is 1. The number of aromatic nitrogens is 2. The molecule has 0 saturated carbocycles. The summed E-state index contributed by atoms with van der Waals surface area (Å²) in [5.41, 5.74) is 2.84. The van der Waals surface area contributed by atoms with Crippen LogP contribution in [0.5, 0.6) is 0 Å². The number of amides is 1. The Hall–Kier alpha value is -3.51. The van der Waals surface area contributed by atoms with Gasteiger partial charge in [0, 0.05) is 11.8 Å². The SMILES string of the molecule is O=C(N[C@@H](CO)c1ccccc1)c1nc(-c2ccc(F)cc2)c2ccccn12. The lowest BCUT2D eigenvalue weighted by Gasteiger charge is -2.16. The molecule has 1 atom stereocenters. The van der Waals surface area contributed by atoms with Gasteiger partial charge in [-0.1, -0.05) is 36.4 Å². The molecule has 0 unspecified atom stereocenters. The first-order valence-corrected chi connectivity index (χ1v) is 8.87. The van der Waals surface area contributed by atoms with Gasteiger partial charge in [-0.2, -0.15) is 0 Å². The van der Waals surface area contributed by atoms with E-state index < -0.39 is 11.9 Å². The molecule has 0 bridgehead atoms. The van der Waals surface area contributed by atoms with Gasteiger partial charge in [0.15, 0.2) is 0 Å². The van der Waals surface area contributed by atoms with Crippen molar-refractivity contribution in [3.8, 4) is 11.3 Å². The number of nitrogens with one attached hydrogen (secondary N) is 1. The van der Waals surface area contributed by atoms with Gasteiger partial charge in [0.05, 0.1) is 23.9 Å². The first kappa shape index (κ1) is 17.9. The van der Waals surface area contributed by atoms with Crippen LogP contribution in [0, 0.1) is 5.82 Å². The molecular formula is C22H18FN3O2. The minimum absolute atomic E-state index is 0.198. The Bertz CT molecular complexity index is 1110. The van der Waals surface area contributed by atoms with Crippen molar-refractivity contribution >= 4 is 11.4 Å². The van der Waals surface area contributed by atoms with Crippen molar-refractivity contribution in [2.45, 2.75) is 6.04 Å². The Morgan fingerprint density at radius 2 is 1.75 bits per heavy atom. The quantitative estimate of drug-likeness (QED) is 0.560. The molecule has 6 heteroatoms. The Morgan fingerprint density at radius 3 is 2.46 bits per heavy atom. The fourth-order valence-electron chi connectivity index (χ4n) is 3.16. The third-order valence-corrected chi connectivity index (χ3v) is 4.56. The molecule has 0 saturated heterocycles. The lowest BCUT2D eigenvalue weighted by Crippen LogP contribution is -2.32. The topological polar surface area (TPSA) is 66.6 Å². The molecule has 140 valence electrons. The molecule has 2 N–H and O–H groups in total. The number of hydrogen-bond donors (Lipinski definition) is 2. The zero-order chi connectivity index (χ0) is 19.5. The Balaban J connectivity index is 1.72. The van der Waals surface area contributed by atoms with E-state index in [0.29, 0.717) is 11.3 Å². The lowest BCUT2D eigenvalue weighted by atomic mass is 10.1. The van der Waals surface area contributed by atoms with Crippen molar-refractivity contribution in [3.05, 3.63) is 96.2 Å². The van der Waals surface area contributed by atoms with E-state index in [1.54, 1.807) is 28.8 Å². The largest absolute Gasteiger partial charge is 0.394 e. The summed E-state index contributed by atoms with van der Waals surface area (Å²) in [7, 11) is 0. The highest BCUT2D eigenvalue weighted by molar-refractivity contribution is 5.94. The third-order valence-electron chi connectivity index (χ3n) is 4.56. The van der Waals surface area contributed by atoms with Crippen LogP contribution in [0.4, 0.5) is 4.39 Å². The summed E-state index contributed by atoms with van der Waals surface area (Å²) in [6, 6.07) is 20.2. The summed E-state index contributed by atoms with van der Waals surface area (Å²) >= 11 is 0. The highest BCUT2D eigenvalue weighted by atomic mass is 19.1. The van der Waals surface area contributed by atoms with Crippen molar-refractivity contribution in [1.82, 2.24) is 14.7 Å². The summed E-state index contributed by atoms with van der Waals surface area (Å²) in [5, 5.41) is 12.6. The molecule has 0 radical (unpaired) electrons. The van der Waals surface area contributed by atoms with Gasteiger partial charge >= 0.3 is 0 Å². The monoisotopic (exact) mass is 375 g/mol. The van der Waals surface area contributed by atoms with E-state index in [2.05, 4.69) is 10.3 Å². The highest BCUT2D eigenvalue weighted by Crippen LogP contribution is 2.25. The van der Waals surface area contributed by atoms with Gasteiger partial charge in [-0.15, -0.1) is 0 Å². The number of imidazole rings is 1. The number of benzene rings is 2. The first-order chi connectivity index (χ1) is 13.7. The fraction of sp³-hybridized carbons (Fsp3) is 0.0909. The number of hydrogen-bond acceptors (Lipinski definition) is 3. The van der Waals surface area contributed by atoms with Crippen molar-refractivity contribution < 1.29 is 14.3 Å². The van der Waals surface area contributed by atoms with Crippen molar-refractivity contribution in [1.29, 1.82) is 0 Å². The first-order valence-electron chi connectivity index (χ1n) is 8.87. The van der Waals surface area contributed by atoms with E-state index in [9.17, 15) is 14.3 Å². The molecule has 28 heavy (non-hydrogen) atoms. The second-order valence-corrected chi connectivity index (χ2v) is 6.37. The molecule has 0 fully saturated rings. The Labute approximate surface area is 161 Å². The number of rotatable bonds is 5. The standard InChI is InChI=1S/C22H18FN3O2/c23-17-11-9-16(10-12-17)20-19-8-4-5-13-26(19)21(25-20)22(28)24-18(14-27)15-6-2-1-3-7-15/h1-13,18,27H,14H2,(H,24,28)/t18-/m0/s1. The van der Waals surface area contributed by atoms with Gasteiger partial charge < -0.3 is 10.4 Å². The molecule has 2 aromatic heterocycles. The predicted molar refractivity (Wildman–Crippen MR) is 104 cm³/mol. The van der Waals surface area contributed by atoms with Gasteiger partial charge in [-0.25, -0.2) is 9.37 Å². The zero-order valence-corrected chi connectivity index (χ0v) is 14.9. The van der Waals surface area contributed by atoms with Crippen LogP contribution >= 0.6 is 0 Å². The van der Waals surface area contributed by atoms with Crippen LogP contribution in [0.25, 0.3) is 16.8 Å². The van der Waals surface area contributed by atoms with Crippen LogP contribution in [0.3, 0.4) is 0 Å². The minimum Gasteiger partial charge on any atom is -0.394 e. The summed E-state index contributed by atoms with van der Waals surface area (Å²) in [4.78, 5) is 17.5. The zero-order valence-electron chi connectivity index (χ0n) is 14.9. The number of carbonyl (C=O) groups is 1. The number of aliphatic hydroxyl groups excluding tert-OH is 1. The van der Waals surface area contributed by atoms with Crippen molar-refractivity contribution in [2.24, 2.45) is 0 Å². The number of nitrogens with zero attached hydrogens (tertiary/aromatic N) is 2. The lowest BCUT2D eigenvalue weighted by molar-refractivity contribution is 0.0905. The molecule has 0 aliphatic heterocycles. The van der Waals surface area contributed by atoms with Crippen LogP contribution < -0.4 is 5.32 Å². The van der Waals surface area contributed by atoms with Crippen molar-refractivity contribution in [2.75, 3.05) is 6.61 Å². The number of halogens is 1. The van der Waals surface area contributed by atoms with Gasteiger partial charge in [0.2, 0.25) is 5.82 Å². The molecule has 2 aromatic carbocycles.